The van der Waals surface area contributed by atoms with Gasteiger partial charge >= 0.3 is 5.97 Å². The molecule has 7 nitrogen and oxygen atoms in total. The summed E-state index contributed by atoms with van der Waals surface area (Å²) >= 11 is 0. The van der Waals surface area contributed by atoms with Crippen molar-refractivity contribution in [3.05, 3.63) is 17.7 Å². The van der Waals surface area contributed by atoms with Gasteiger partial charge in [-0.25, -0.2) is 4.98 Å². The van der Waals surface area contributed by atoms with Crippen LogP contribution in [-0.4, -0.2) is 59.6 Å². The van der Waals surface area contributed by atoms with Crippen molar-refractivity contribution in [1.82, 2.24) is 9.88 Å². The van der Waals surface area contributed by atoms with Crippen LogP contribution in [0.25, 0.3) is 0 Å². The van der Waals surface area contributed by atoms with Gasteiger partial charge in [-0.05, 0) is 50.2 Å². The summed E-state index contributed by atoms with van der Waals surface area (Å²) in [5.74, 6) is 0.857. The average molecular weight is 374 g/mol. The molecule has 1 aliphatic carbocycles. The Bertz CT molecular complexity index is 690. The molecule has 2 N–H and O–H groups in total. The van der Waals surface area contributed by atoms with Crippen molar-refractivity contribution in [2.45, 2.75) is 51.5 Å². The fourth-order valence-electron chi connectivity index (χ4n) is 3.68. The van der Waals surface area contributed by atoms with E-state index >= 15 is 0 Å². The summed E-state index contributed by atoms with van der Waals surface area (Å²) in [4.78, 5) is 32.6. The zero-order chi connectivity index (χ0) is 19.4. The highest BCUT2D eigenvalue weighted by Crippen LogP contribution is 2.30. The molecular weight excluding hydrogens is 344 g/mol. The Labute approximate surface area is 160 Å². The lowest BCUT2D eigenvalue weighted by atomic mass is 9.95. The predicted octanol–water partition coefficient (Wildman–Crippen LogP) is 2.83. The molecule has 1 aromatic heterocycles. The highest BCUT2D eigenvalue weighted by Gasteiger charge is 2.31. The molecule has 1 saturated heterocycles. The van der Waals surface area contributed by atoms with Crippen molar-refractivity contribution < 1.29 is 14.7 Å². The first-order chi connectivity index (χ1) is 13.0. The van der Waals surface area contributed by atoms with Gasteiger partial charge in [-0.1, -0.05) is 6.92 Å². The number of nitrogens with zero attached hydrogens (tertiary/aromatic N) is 3. The van der Waals surface area contributed by atoms with Gasteiger partial charge in [0.1, 0.15) is 11.6 Å². The molecular formula is C20H30N4O3. The first kappa shape index (κ1) is 19.5. The van der Waals surface area contributed by atoms with Crippen LogP contribution in [0.1, 0.15) is 55.8 Å². The quantitative estimate of drug-likeness (QED) is 0.728. The van der Waals surface area contributed by atoms with Crippen molar-refractivity contribution in [3.8, 4) is 0 Å². The molecule has 1 saturated carbocycles. The first-order valence-electron chi connectivity index (χ1n) is 9.98. The molecule has 3 rings (SSSR count). The third kappa shape index (κ3) is 4.90. The number of carbonyl (C=O) groups excluding carboxylic acids is 1. The number of carboxylic acid groups (broad SMARTS) is 1. The summed E-state index contributed by atoms with van der Waals surface area (Å²) in [6.45, 7) is 4.40. The van der Waals surface area contributed by atoms with E-state index in [1.165, 1.54) is 0 Å². The molecule has 2 fully saturated rings. The van der Waals surface area contributed by atoms with Gasteiger partial charge in [0.25, 0.3) is 5.91 Å². The van der Waals surface area contributed by atoms with E-state index in [9.17, 15) is 9.59 Å². The van der Waals surface area contributed by atoms with Gasteiger partial charge < -0.3 is 20.2 Å². The highest BCUT2D eigenvalue weighted by atomic mass is 16.4. The minimum Gasteiger partial charge on any atom is -0.481 e. The van der Waals surface area contributed by atoms with Gasteiger partial charge in [-0.15, -0.1) is 0 Å². The zero-order valence-corrected chi connectivity index (χ0v) is 16.3. The summed E-state index contributed by atoms with van der Waals surface area (Å²) in [6, 6.07) is 4.12. The lowest BCUT2D eigenvalue weighted by Crippen LogP contribution is -2.37. The summed E-state index contributed by atoms with van der Waals surface area (Å²) in [6.07, 6.45) is 5.19. The van der Waals surface area contributed by atoms with Crippen molar-refractivity contribution >= 4 is 23.5 Å². The van der Waals surface area contributed by atoms with Crippen molar-refractivity contribution in [2.75, 3.05) is 36.9 Å². The smallest absolute Gasteiger partial charge is 0.303 e. The molecule has 1 unspecified atom stereocenters. The molecule has 2 heterocycles. The molecule has 1 amide bonds. The third-order valence-corrected chi connectivity index (χ3v) is 5.37. The topological polar surface area (TPSA) is 85.8 Å². The van der Waals surface area contributed by atoms with Gasteiger partial charge in [-0.3, -0.25) is 9.59 Å². The van der Waals surface area contributed by atoms with E-state index in [1.807, 2.05) is 24.1 Å². The van der Waals surface area contributed by atoms with Crippen LogP contribution in [-0.2, 0) is 4.79 Å². The Balaban J connectivity index is 1.79. The van der Waals surface area contributed by atoms with Crippen LogP contribution >= 0.6 is 0 Å². The van der Waals surface area contributed by atoms with E-state index in [0.29, 0.717) is 24.0 Å². The lowest BCUT2D eigenvalue weighted by Gasteiger charge is -2.33. The second-order valence-corrected chi connectivity index (χ2v) is 7.69. The first-order valence-corrected chi connectivity index (χ1v) is 9.98. The van der Waals surface area contributed by atoms with Crippen molar-refractivity contribution in [2.24, 2.45) is 5.92 Å². The van der Waals surface area contributed by atoms with Gasteiger partial charge in [-0.2, -0.15) is 0 Å². The van der Waals surface area contributed by atoms with Crippen LogP contribution < -0.4 is 10.2 Å². The van der Waals surface area contributed by atoms with Gasteiger partial charge in [0, 0.05) is 39.1 Å². The van der Waals surface area contributed by atoms with Crippen LogP contribution in [0.4, 0.5) is 11.6 Å². The molecule has 1 aliphatic heterocycles. The van der Waals surface area contributed by atoms with E-state index < -0.39 is 5.97 Å². The van der Waals surface area contributed by atoms with Gasteiger partial charge in [0.15, 0.2) is 0 Å². The fourth-order valence-corrected chi connectivity index (χ4v) is 3.68. The number of aliphatic carboxylic acids is 1. The summed E-state index contributed by atoms with van der Waals surface area (Å²) < 4.78 is 0. The number of aromatic nitrogens is 1. The maximum Gasteiger partial charge on any atom is 0.303 e. The number of nitrogens with one attached hydrogen (secondary N) is 1. The maximum absolute atomic E-state index is 12.8. The van der Waals surface area contributed by atoms with E-state index in [1.54, 1.807) is 0 Å². The van der Waals surface area contributed by atoms with Crippen LogP contribution in [0.15, 0.2) is 12.1 Å². The monoisotopic (exact) mass is 374 g/mol. The number of amides is 1. The third-order valence-electron chi connectivity index (χ3n) is 5.37. The van der Waals surface area contributed by atoms with Crippen LogP contribution in [0.3, 0.4) is 0 Å². The number of rotatable bonds is 8. The second kappa shape index (κ2) is 8.59. The largest absolute Gasteiger partial charge is 0.481 e. The number of anilines is 2. The predicted molar refractivity (Wildman–Crippen MR) is 105 cm³/mol. The molecule has 0 radical (unpaired) electrons. The van der Waals surface area contributed by atoms with Gasteiger partial charge in [0.05, 0.1) is 5.56 Å². The van der Waals surface area contributed by atoms with Crippen molar-refractivity contribution in [1.29, 1.82) is 0 Å². The Morgan fingerprint density at radius 3 is 2.78 bits per heavy atom. The zero-order valence-electron chi connectivity index (χ0n) is 16.3. The van der Waals surface area contributed by atoms with E-state index in [0.717, 1.165) is 51.0 Å². The van der Waals surface area contributed by atoms with Crippen LogP contribution in [0, 0.1) is 5.92 Å². The number of hydrogen-bond donors (Lipinski definition) is 2. The number of pyridine rings is 1. The van der Waals surface area contributed by atoms with E-state index in [2.05, 4.69) is 17.1 Å². The molecule has 1 aromatic rings. The minimum atomic E-state index is -0.746. The molecule has 0 spiro atoms. The number of carboxylic acids is 1. The SMILES string of the molecule is CCCNc1nc(N2CCCC(CC(=O)O)C2)ccc1C(=O)N(C)C1CC1. The van der Waals surface area contributed by atoms with Crippen LogP contribution in [0.5, 0.6) is 0 Å². The minimum absolute atomic E-state index is 0.0116. The molecule has 0 bridgehead atoms. The lowest BCUT2D eigenvalue weighted by molar-refractivity contribution is -0.138. The number of hydrogen-bond acceptors (Lipinski definition) is 5. The summed E-state index contributed by atoms with van der Waals surface area (Å²) in [5, 5.41) is 12.4. The highest BCUT2D eigenvalue weighted by molar-refractivity contribution is 5.99. The Kier molecular flexibility index (Phi) is 6.19. The summed E-state index contributed by atoms with van der Waals surface area (Å²) in [5.41, 5.74) is 0.612. The van der Waals surface area contributed by atoms with Gasteiger partial charge in [0.2, 0.25) is 0 Å². The Morgan fingerprint density at radius 2 is 2.11 bits per heavy atom. The molecule has 0 aromatic carbocycles. The molecule has 27 heavy (non-hydrogen) atoms. The van der Waals surface area contributed by atoms with Crippen molar-refractivity contribution in [3.63, 3.8) is 0 Å². The fraction of sp³-hybridized carbons (Fsp3) is 0.650. The molecule has 148 valence electrons. The van der Waals surface area contributed by atoms with E-state index in [-0.39, 0.29) is 18.2 Å². The Morgan fingerprint density at radius 1 is 1.33 bits per heavy atom. The molecule has 2 aliphatic rings. The normalized spacial score (nSPS) is 19.6. The van der Waals surface area contributed by atoms with Crippen LogP contribution in [0.2, 0.25) is 0 Å². The molecule has 7 heteroatoms. The second-order valence-electron chi connectivity index (χ2n) is 7.69. The molecule has 1 atom stereocenters. The standard InChI is InChI=1S/C20H30N4O3/c1-3-10-21-19-16(20(27)23(2)15-6-7-15)8-9-17(22-19)24-11-4-5-14(13-24)12-18(25)26/h8-9,14-15H,3-7,10-13H2,1-2H3,(H,21,22)(H,25,26). The Hall–Kier alpha value is -2.31. The average Bonchev–Trinajstić information content (AvgIpc) is 3.50. The summed E-state index contributed by atoms with van der Waals surface area (Å²) in [7, 11) is 1.86. The van der Waals surface area contributed by atoms with E-state index in [4.69, 9.17) is 10.1 Å². The number of carbonyl (C=O) groups is 2. The number of piperidine rings is 1. The maximum atomic E-state index is 12.8.